The van der Waals surface area contributed by atoms with Crippen LogP contribution in [0.5, 0.6) is 0 Å². The lowest BCUT2D eigenvalue weighted by atomic mass is 10.1. The smallest absolute Gasteiger partial charge is 0.158 e. The third-order valence-corrected chi connectivity index (χ3v) is 3.05. The van der Waals surface area contributed by atoms with E-state index in [1.807, 2.05) is 11.5 Å². The molecule has 0 radical (unpaired) electrons. The minimum atomic E-state index is -0.0492. The zero-order valence-corrected chi connectivity index (χ0v) is 9.72. The highest BCUT2D eigenvalue weighted by molar-refractivity contribution is 4.96. The molecule has 1 aromatic rings. The summed E-state index contributed by atoms with van der Waals surface area (Å²) in [5.41, 5.74) is 0. The van der Waals surface area contributed by atoms with Crippen LogP contribution in [0.1, 0.15) is 37.8 Å². The monoisotopic (exact) mass is 225 g/mol. The van der Waals surface area contributed by atoms with E-state index in [-0.39, 0.29) is 12.7 Å². The standard InChI is InChI=1S/C11H19N3O2/c1-2-14-10(12-13-11(14)8-15)7-9-5-3-4-6-16-9/h9,15H,2-8H2,1H3. The van der Waals surface area contributed by atoms with Gasteiger partial charge in [-0.3, -0.25) is 0 Å². The molecular weight excluding hydrogens is 206 g/mol. The Morgan fingerprint density at radius 1 is 1.38 bits per heavy atom. The van der Waals surface area contributed by atoms with Gasteiger partial charge in [-0.1, -0.05) is 0 Å². The maximum absolute atomic E-state index is 9.11. The van der Waals surface area contributed by atoms with Crippen molar-refractivity contribution in [2.24, 2.45) is 0 Å². The summed E-state index contributed by atoms with van der Waals surface area (Å²) in [4.78, 5) is 0. The average Bonchev–Trinajstić information content (AvgIpc) is 2.72. The summed E-state index contributed by atoms with van der Waals surface area (Å²) >= 11 is 0. The Bertz CT molecular complexity index is 332. The largest absolute Gasteiger partial charge is 0.388 e. The van der Waals surface area contributed by atoms with Crippen LogP contribution in [0.15, 0.2) is 0 Å². The van der Waals surface area contributed by atoms with Crippen molar-refractivity contribution in [1.82, 2.24) is 14.8 Å². The van der Waals surface area contributed by atoms with Crippen molar-refractivity contribution < 1.29 is 9.84 Å². The molecule has 5 nitrogen and oxygen atoms in total. The minimum Gasteiger partial charge on any atom is -0.388 e. The lowest BCUT2D eigenvalue weighted by molar-refractivity contribution is 0.0151. The second-order valence-corrected chi connectivity index (χ2v) is 4.13. The van der Waals surface area contributed by atoms with Crippen molar-refractivity contribution >= 4 is 0 Å². The molecule has 1 atom stereocenters. The maximum Gasteiger partial charge on any atom is 0.158 e. The van der Waals surface area contributed by atoms with Gasteiger partial charge in [-0.05, 0) is 26.2 Å². The lowest BCUT2D eigenvalue weighted by Gasteiger charge is -2.22. The first-order valence-electron chi connectivity index (χ1n) is 5.98. The summed E-state index contributed by atoms with van der Waals surface area (Å²) in [6.45, 7) is 3.64. The van der Waals surface area contributed by atoms with Crippen LogP contribution >= 0.6 is 0 Å². The van der Waals surface area contributed by atoms with Gasteiger partial charge in [0.25, 0.3) is 0 Å². The molecule has 1 N–H and O–H groups in total. The molecule has 0 amide bonds. The zero-order chi connectivity index (χ0) is 11.4. The van der Waals surface area contributed by atoms with Gasteiger partial charge in [-0.15, -0.1) is 10.2 Å². The quantitative estimate of drug-likeness (QED) is 0.827. The highest BCUT2D eigenvalue weighted by Crippen LogP contribution is 2.17. The Balaban J connectivity index is 2.05. The van der Waals surface area contributed by atoms with E-state index in [1.165, 1.54) is 12.8 Å². The van der Waals surface area contributed by atoms with Gasteiger partial charge in [0.05, 0.1) is 6.10 Å². The van der Waals surface area contributed by atoms with Crippen LogP contribution in [0, 0.1) is 0 Å². The third-order valence-electron chi connectivity index (χ3n) is 3.05. The van der Waals surface area contributed by atoms with Crippen LogP contribution in [0.25, 0.3) is 0 Å². The number of hydrogen-bond acceptors (Lipinski definition) is 4. The number of hydrogen-bond donors (Lipinski definition) is 1. The molecule has 1 unspecified atom stereocenters. The predicted octanol–water partition coefficient (Wildman–Crippen LogP) is 0.902. The number of aromatic nitrogens is 3. The maximum atomic E-state index is 9.11. The van der Waals surface area contributed by atoms with Gasteiger partial charge < -0.3 is 14.4 Å². The molecule has 1 aliphatic rings. The molecule has 1 saturated heterocycles. The summed E-state index contributed by atoms with van der Waals surface area (Å²) in [7, 11) is 0. The Labute approximate surface area is 95.4 Å². The number of aliphatic hydroxyl groups is 1. The fourth-order valence-electron chi connectivity index (χ4n) is 2.18. The molecule has 0 saturated carbocycles. The first-order valence-corrected chi connectivity index (χ1v) is 5.98. The van der Waals surface area contributed by atoms with Gasteiger partial charge in [0.2, 0.25) is 0 Å². The SMILES string of the molecule is CCn1c(CO)nnc1CC1CCCCO1. The van der Waals surface area contributed by atoms with Crippen LogP contribution in [-0.2, 0) is 24.3 Å². The highest BCUT2D eigenvalue weighted by Gasteiger charge is 2.18. The van der Waals surface area contributed by atoms with Crippen LogP contribution in [-0.4, -0.2) is 32.6 Å². The Morgan fingerprint density at radius 3 is 2.81 bits per heavy atom. The van der Waals surface area contributed by atoms with E-state index in [0.717, 1.165) is 31.8 Å². The molecule has 5 heteroatoms. The minimum absolute atomic E-state index is 0.0492. The van der Waals surface area contributed by atoms with E-state index in [9.17, 15) is 0 Å². The predicted molar refractivity (Wildman–Crippen MR) is 58.9 cm³/mol. The first-order chi connectivity index (χ1) is 7.85. The van der Waals surface area contributed by atoms with E-state index < -0.39 is 0 Å². The van der Waals surface area contributed by atoms with Gasteiger partial charge in [0, 0.05) is 19.6 Å². The van der Waals surface area contributed by atoms with E-state index in [0.29, 0.717) is 5.82 Å². The van der Waals surface area contributed by atoms with Crippen LogP contribution < -0.4 is 0 Å². The van der Waals surface area contributed by atoms with Crippen molar-refractivity contribution in [3.8, 4) is 0 Å². The molecule has 90 valence electrons. The van der Waals surface area contributed by atoms with Crippen molar-refractivity contribution in [3.63, 3.8) is 0 Å². The summed E-state index contributed by atoms with van der Waals surface area (Å²) < 4.78 is 7.65. The summed E-state index contributed by atoms with van der Waals surface area (Å²) in [6.07, 6.45) is 4.58. The van der Waals surface area contributed by atoms with Crippen molar-refractivity contribution in [2.45, 2.75) is 51.9 Å². The highest BCUT2D eigenvalue weighted by atomic mass is 16.5. The molecule has 1 fully saturated rings. The van der Waals surface area contributed by atoms with Gasteiger partial charge in [-0.2, -0.15) is 0 Å². The van der Waals surface area contributed by atoms with Crippen molar-refractivity contribution in [3.05, 3.63) is 11.6 Å². The number of rotatable bonds is 4. The molecule has 2 heterocycles. The molecular formula is C11H19N3O2. The van der Waals surface area contributed by atoms with Gasteiger partial charge in [-0.25, -0.2) is 0 Å². The molecule has 16 heavy (non-hydrogen) atoms. The van der Waals surface area contributed by atoms with Crippen LogP contribution in [0.4, 0.5) is 0 Å². The Kier molecular flexibility index (Phi) is 3.90. The fourth-order valence-corrected chi connectivity index (χ4v) is 2.18. The number of ether oxygens (including phenoxy) is 1. The molecule has 1 aromatic heterocycles. The van der Waals surface area contributed by atoms with E-state index in [4.69, 9.17) is 9.84 Å². The van der Waals surface area contributed by atoms with Crippen molar-refractivity contribution in [2.75, 3.05) is 6.61 Å². The first kappa shape index (κ1) is 11.5. The van der Waals surface area contributed by atoms with Gasteiger partial charge in [0.15, 0.2) is 5.82 Å². The normalized spacial score (nSPS) is 21.2. The summed E-state index contributed by atoms with van der Waals surface area (Å²) in [5, 5.41) is 17.2. The average molecular weight is 225 g/mol. The topological polar surface area (TPSA) is 60.2 Å². The molecule has 0 aliphatic carbocycles. The van der Waals surface area contributed by atoms with Gasteiger partial charge >= 0.3 is 0 Å². The second kappa shape index (κ2) is 5.41. The number of nitrogens with zero attached hydrogens (tertiary/aromatic N) is 3. The number of aliphatic hydroxyl groups excluding tert-OH is 1. The second-order valence-electron chi connectivity index (χ2n) is 4.13. The van der Waals surface area contributed by atoms with Gasteiger partial charge in [0.1, 0.15) is 12.4 Å². The third kappa shape index (κ3) is 2.41. The molecule has 2 rings (SSSR count). The molecule has 0 spiro atoms. The Morgan fingerprint density at radius 2 is 2.19 bits per heavy atom. The summed E-state index contributed by atoms with van der Waals surface area (Å²) in [6, 6.07) is 0. The molecule has 1 aliphatic heterocycles. The van der Waals surface area contributed by atoms with Crippen LogP contribution in [0.2, 0.25) is 0 Å². The fraction of sp³-hybridized carbons (Fsp3) is 0.818. The van der Waals surface area contributed by atoms with E-state index >= 15 is 0 Å². The molecule has 0 bridgehead atoms. The van der Waals surface area contributed by atoms with Crippen molar-refractivity contribution in [1.29, 1.82) is 0 Å². The molecule has 0 aromatic carbocycles. The summed E-state index contributed by atoms with van der Waals surface area (Å²) in [5.74, 6) is 1.58. The Hall–Kier alpha value is -0.940. The van der Waals surface area contributed by atoms with E-state index in [1.54, 1.807) is 0 Å². The van der Waals surface area contributed by atoms with Crippen LogP contribution in [0.3, 0.4) is 0 Å². The lowest BCUT2D eigenvalue weighted by Crippen LogP contribution is -2.23. The zero-order valence-electron chi connectivity index (χ0n) is 9.72. The van der Waals surface area contributed by atoms with E-state index in [2.05, 4.69) is 10.2 Å².